The van der Waals surface area contributed by atoms with E-state index in [0.29, 0.717) is 25.5 Å². The van der Waals surface area contributed by atoms with Gasteiger partial charge in [0.05, 0.1) is 12.4 Å². The number of rotatable bonds is 6. The minimum Gasteiger partial charge on any atom is -0.381 e. The second-order valence-electron chi connectivity index (χ2n) is 2.22. The van der Waals surface area contributed by atoms with Crippen LogP contribution in [0.2, 0.25) is 0 Å². The zero-order valence-electron chi connectivity index (χ0n) is 7.15. The first-order valence-corrected chi connectivity index (χ1v) is 3.99. The van der Waals surface area contributed by atoms with Crippen LogP contribution in [0.1, 0.15) is 19.8 Å². The standard InChI is InChI=1S/C8H17N2O/c1-3-6-11-7-5-8(9)10-4-2/h1,3-7H2,2H3,(H2,9,10). The van der Waals surface area contributed by atoms with Gasteiger partial charge in [-0.05, 0) is 13.3 Å². The number of nitrogens with one attached hydrogen (secondary N) is 2. The molecular formula is C8H17N2O. The van der Waals surface area contributed by atoms with Gasteiger partial charge in [-0.15, -0.1) is 0 Å². The van der Waals surface area contributed by atoms with Crippen molar-refractivity contribution < 1.29 is 4.74 Å². The Balaban J connectivity index is 3.04. The first-order chi connectivity index (χ1) is 5.31. The maximum atomic E-state index is 7.32. The van der Waals surface area contributed by atoms with Crippen molar-refractivity contribution in [3.8, 4) is 0 Å². The van der Waals surface area contributed by atoms with Crippen LogP contribution in [0.3, 0.4) is 0 Å². The molecule has 0 amide bonds. The molecule has 0 aliphatic carbocycles. The molecule has 0 rings (SSSR count). The van der Waals surface area contributed by atoms with Crippen molar-refractivity contribution in [3.63, 3.8) is 0 Å². The van der Waals surface area contributed by atoms with Gasteiger partial charge in [-0.3, -0.25) is 5.41 Å². The Hall–Kier alpha value is -0.570. The summed E-state index contributed by atoms with van der Waals surface area (Å²) in [7, 11) is 0. The molecule has 0 heterocycles. The van der Waals surface area contributed by atoms with E-state index >= 15 is 0 Å². The summed E-state index contributed by atoms with van der Waals surface area (Å²) in [5, 5.41) is 10.2. The molecule has 0 fully saturated rings. The van der Waals surface area contributed by atoms with Crippen molar-refractivity contribution in [2.24, 2.45) is 0 Å². The third-order valence-corrected chi connectivity index (χ3v) is 1.18. The van der Waals surface area contributed by atoms with Crippen LogP contribution in [0.5, 0.6) is 0 Å². The fourth-order valence-corrected chi connectivity index (χ4v) is 0.680. The maximum absolute atomic E-state index is 7.32. The lowest BCUT2D eigenvalue weighted by molar-refractivity contribution is 0.145. The van der Waals surface area contributed by atoms with Crippen molar-refractivity contribution in [2.45, 2.75) is 19.8 Å². The topological polar surface area (TPSA) is 45.1 Å². The molecular weight excluding hydrogens is 140 g/mol. The van der Waals surface area contributed by atoms with Gasteiger partial charge < -0.3 is 10.1 Å². The lowest BCUT2D eigenvalue weighted by Gasteiger charge is -2.04. The van der Waals surface area contributed by atoms with E-state index in [9.17, 15) is 0 Å². The fourth-order valence-electron chi connectivity index (χ4n) is 0.680. The molecule has 3 nitrogen and oxygen atoms in total. The summed E-state index contributed by atoms with van der Waals surface area (Å²) in [6.07, 6.45) is 1.47. The summed E-state index contributed by atoms with van der Waals surface area (Å²) in [5.74, 6) is 0.552. The molecule has 0 aliphatic heterocycles. The average Bonchev–Trinajstić information content (AvgIpc) is 1.99. The van der Waals surface area contributed by atoms with Crippen molar-refractivity contribution in [1.29, 1.82) is 5.41 Å². The summed E-state index contributed by atoms with van der Waals surface area (Å²) >= 11 is 0. The lowest BCUT2D eigenvalue weighted by atomic mass is 10.4. The lowest BCUT2D eigenvalue weighted by Crippen LogP contribution is -2.23. The van der Waals surface area contributed by atoms with Crippen LogP contribution in [-0.4, -0.2) is 25.6 Å². The van der Waals surface area contributed by atoms with Gasteiger partial charge in [-0.1, -0.05) is 6.92 Å². The molecule has 3 heteroatoms. The predicted molar refractivity (Wildman–Crippen MR) is 46.8 cm³/mol. The van der Waals surface area contributed by atoms with Crippen molar-refractivity contribution >= 4 is 5.84 Å². The van der Waals surface area contributed by atoms with Gasteiger partial charge in [0, 0.05) is 19.6 Å². The number of ether oxygens (including phenoxy) is 1. The number of hydrogen-bond donors (Lipinski definition) is 2. The molecule has 1 radical (unpaired) electrons. The minimum atomic E-state index is 0.552. The van der Waals surface area contributed by atoms with Crippen LogP contribution in [0.4, 0.5) is 0 Å². The first-order valence-electron chi connectivity index (χ1n) is 3.99. The fraction of sp³-hybridized carbons (Fsp3) is 0.750. The highest BCUT2D eigenvalue weighted by molar-refractivity contribution is 5.78. The summed E-state index contributed by atoms with van der Waals surface area (Å²) in [6, 6.07) is 0. The van der Waals surface area contributed by atoms with Gasteiger partial charge in [-0.2, -0.15) is 0 Å². The Morgan fingerprint density at radius 1 is 1.55 bits per heavy atom. The molecule has 0 atom stereocenters. The Kier molecular flexibility index (Phi) is 7.15. The molecule has 65 valence electrons. The van der Waals surface area contributed by atoms with Crippen LogP contribution >= 0.6 is 0 Å². The molecule has 0 bridgehead atoms. The number of amidine groups is 1. The van der Waals surface area contributed by atoms with E-state index in [1.54, 1.807) is 0 Å². The molecule has 0 saturated carbocycles. The highest BCUT2D eigenvalue weighted by atomic mass is 16.5. The second-order valence-corrected chi connectivity index (χ2v) is 2.22. The molecule has 2 N–H and O–H groups in total. The largest absolute Gasteiger partial charge is 0.381 e. The Labute approximate surface area is 68.6 Å². The van der Waals surface area contributed by atoms with Crippen molar-refractivity contribution in [2.75, 3.05) is 19.8 Å². The third-order valence-electron chi connectivity index (χ3n) is 1.18. The van der Waals surface area contributed by atoms with E-state index in [1.807, 2.05) is 6.92 Å². The van der Waals surface area contributed by atoms with Crippen molar-refractivity contribution in [3.05, 3.63) is 6.92 Å². The van der Waals surface area contributed by atoms with E-state index in [1.165, 1.54) is 0 Å². The van der Waals surface area contributed by atoms with Crippen LogP contribution in [0.25, 0.3) is 0 Å². The Bertz CT molecular complexity index is 104. The molecule has 0 aromatic rings. The molecule has 0 aromatic carbocycles. The van der Waals surface area contributed by atoms with Crippen LogP contribution in [0, 0.1) is 12.3 Å². The van der Waals surface area contributed by atoms with Crippen LogP contribution in [-0.2, 0) is 4.74 Å². The van der Waals surface area contributed by atoms with E-state index in [-0.39, 0.29) is 0 Å². The smallest absolute Gasteiger partial charge is 0.0954 e. The highest BCUT2D eigenvalue weighted by Crippen LogP contribution is 1.85. The summed E-state index contributed by atoms with van der Waals surface area (Å²) < 4.78 is 5.16. The number of hydrogen-bond acceptors (Lipinski definition) is 2. The second kappa shape index (κ2) is 7.54. The molecule has 0 spiro atoms. The summed E-state index contributed by atoms with van der Waals surface area (Å²) in [4.78, 5) is 0. The van der Waals surface area contributed by atoms with Crippen molar-refractivity contribution in [1.82, 2.24) is 5.32 Å². The quantitative estimate of drug-likeness (QED) is 0.346. The average molecular weight is 157 g/mol. The zero-order valence-corrected chi connectivity index (χ0v) is 7.15. The Morgan fingerprint density at radius 2 is 2.27 bits per heavy atom. The van der Waals surface area contributed by atoms with Gasteiger partial charge in [-0.25, -0.2) is 0 Å². The van der Waals surface area contributed by atoms with Gasteiger partial charge in [0.15, 0.2) is 0 Å². The van der Waals surface area contributed by atoms with Gasteiger partial charge in [0.2, 0.25) is 0 Å². The zero-order chi connectivity index (χ0) is 8.53. The predicted octanol–water partition coefficient (Wildman–Crippen LogP) is 1.20. The van der Waals surface area contributed by atoms with E-state index in [0.717, 1.165) is 13.0 Å². The molecule has 0 aromatic heterocycles. The third kappa shape index (κ3) is 7.33. The van der Waals surface area contributed by atoms with Gasteiger partial charge in [0.1, 0.15) is 0 Å². The molecule has 11 heavy (non-hydrogen) atoms. The summed E-state index contributed by atoms with van der Waals surface area (Å²) in [6.45, 7) is 7.76. The van der Waals surface area contributed by atoms with E-state index in [2.05, 4.69) is 12.2 Å². The summed E-state index contributed by atoms with van der Waals surface area (Å²) in [5.41, 5.74) is 0. The van der Waals surface area contributed by atoms with Gasteiger partial charge >= 0.3 is 0 Å². The van der Waals surface area contributed by atoms with Gasteiger partial charge in [0.25, 0.3) is 0 Å². The highest BCUT2D eigenvalue weighted by Gasteiger charge is 1.92. The van der Waals surface area contributed by atoms with E-state index in [4.69, 9.17) is 10.1 Å². The van der Waals surface area contributed by atoms with E-state index < -0.39 is 0 Å². The molecule has 0 unspecified atom stereocenters. The Morgan fingerprint density at radius 3 is 2.82 bits per heavy atom. The normalized spacial score (nSPS) is 9.64. The minimum absolute atomic E-state index is 0.552. The molecule has 0 saturated heterocycles. The maximum Gasteiger partial charge on any atom is 0.0954 e. The monoisotopic (exact) mass is 157 g/mol. The van der Waals surface area contributed by atoms with Crippen LogP contribution in [0.15, 0.2) is 0 Å². The molecule has 0 aliphatic rings. The SMILES string of the molecule is [CH2]CCOCCC(=N)NCC. The first kappa shape index (κ1) is 10.4. The van der Waals surface area contributed by atoms with Crippen LogP contribution < -0.4 is 5.32 Å².